The van der Waals surface area contributed by atoms with Gasteiger partial charge in [-0.2, -0.15) is 0 Å². The van der Waals surface area contributed by atoms with E-state index in [4.69, 9.17) is 11.6 Å². The summed E-state index contributed by atoms with van der Waals surface area (Å²) < 4.78 is 0. The predicted molar refractivity (Wildman–Crippen MR) is 79.8 cm³/mol. The number of benzene rings is 2. The third kappa shape index (κ3) is 3.79. The standard InChI is InChI=1S/C15H15ClN2O2/c1-11(13-3-2-4-14(16)9-13)17-10-12-5-7-15(8-6-12)18(19)20/h2-9,11,17H,10H2,1H3. The molecule has 1 N–H and O–H groups in total. The van der Waals surface area contributed by atoms with Gasteiger partial charge in [0.05, 0.1) is 4.92 Å². The van der Waals surface area contributed by atoms with Crippen LogP contribution < -0.4 is 5.32 Å². The molecule has 0 aliphatic heterocycles. The van der Waals surface area contributed by atoms with E-state index in [2.05, 4.69) is 12.2 Å². The second-order valence-corrected chi connectivity index (χ2v) is 5.02. The summed E-state index contributed by atoms with van der Waals surface area (Å²) in [6, 6.07) is 14.4. The van der Waals surface area contributed by atoms with Crippen molar-refractivity contribution in [1.29, 1.82) is 0 Å². The first-order chi connectivity index (χ1) is 9.56. The van der Waals surface area contributed by atoms with Crippen LogP contribution in [0.4, 0.5) is 5.69 Å². The van der Waals surface area contributed by atoms with Gasteiger partial charge in [-0.05, 0) is 30.2 Å². The first-order valence-electron chi connectivity index (χ1n) is 6.28. The van der Waals surface area contributed by atoms with Crippen LogP contribution in [0.5, 0.6) is 0 Å². The van der Waals surface area contributed by atoms with E-state index in [0.29, 0.717) is 11.6 Å². The van der Waals surface area contributed by atoms with E-state index < -0.39 is 4.92 Å². The molecule has 0 spiro atoms. The second-order valence-electron chi connectivity index (χ2n) is 4.58. The summed E-state index contributed by atoms with van der Waals surface area (Å²) in [4.78, 5) is 10.2. The summed E-state index contributed by atoms with van der Waals surface area (Å²) in [5.41, 5.74) is 2.22. The first-order valence-corrected chi connectivity index (χ1v) is 6.66. The van der Waals surface area contributed by atoms with Crippen molar-refractivity contribution < 1.29 is 4.92 Å². The normalized spacial score (nSPS) is 12.1. The number of rotatable bonds is 5. The van der Waals surface area contributed by atoms with E-state index in [1.165, 1.54) is 12.1 Å². The van der Waals surface area contributed by atoms with Gasteiger partial charge in [0, 0.05) is 29.7 Å². The van der Waals surface area contributed by atoms with Gasteiger partial charge in [-0.3, -0.25) is 10.1 Å². The van der Waals surface area contributed by atoms with Gasteiger partial charge in [0.2, 0.25) is 0 Å². The van der Waals surface area contributed by atoms with Crippen molar-refractivity contribution in [1.82, 2.24) is 5.32 Å². The zero-order chi connectivity index (χ0) is 14.5. The van der Waals surface area contributed by atoms with Crippen LogP contribution in [0.15, 0.2) is 48.5 Å². The Hall–Kier alpha value is -1.91. The maximum Gasteiger partial charge on any atom is 0.269 e. The Kier molecular flexibility index (Phi) is 4.71. The highest BCUT2D eigenvalue weighted by Crippen LogP contribution is 2.18. The summed E-state index contributed by atoms with van der Waals surface area (Å²) in [5, 5.41) is 14.6. The molecule has 2 aromatic rings. The molecule has 2 rings (SSSR count). The molecule has 0 amide bonds. The number of hydrogen-bond donors (Lipinski definition) is 1. The molecule has 0 aliphatic rings. The molecule has 1 atom stereocenters. The van der Waals surface area contributed by atoms with Crippen LogP contribution in [-0.4, -0.2) is 4.92 Å². The van der Waals surface area contributed by atoms with Crippen molar-refractivity contribution >= 4 is 17.3 Å². The van der Waals surface area contributed by atoms with Crippen molar-refractivity contribution in [3.05, 3.63) is 74.8 Å². The monoisotopic (exact) mass is 290 g/mol. The Morgan fingerprint density at radius 3 is 2.55 bits per heavy atom. The third-order valence-corrected chi connectivity index (χ3v) is 3.34. The second kappa shape index (κ2) is 6.50. The van der Waals surface area contributed by atoms with E-state index >= 15 is 0 Å². The lowest BCUT2D eigenvalue weighted by Gasteiger charge is -2.14. The Morgan fingerprint density at radius 1 is 1.25 bits per heavy atom. The molecule has 4 nitrogen and oxygen atoms in total. The Bertz CT molecular complexity index is 599. The fraction of sp³-hybridized carbons (Fsp3) is 0.200. The number of nitro benzene ring substituents is 1. The molecule has 0 saturated heterocycles. The minimum absolute atomic E-state index is 0.108. The number of non-ortho nitro benzene ring substituents is 1. The Labute approximate surface area is 122 Å². The van der Waals surface area contributed by atoms with Crippen LogP contribution in [0.1, 0.15) is 24.1 Å². The molecule has 104 valence electrons. The fourth-order valence-electron chi connectivity index (χ4n) is 1.90. The van der Waals surface area contributed by atoms with E-state index in [1.54, 1.807) is 12.1 Å². The van der Waals surface area contributed by atoms with Gasteiger partial charge in [-0.25, -0.2) is 0 Å². The minimum atomic E-state index is -0.397. The highest BCUT2D eigenvalue weighted by atomic mass is 35.5. The lowest BCUT2D eigenvalue weighted by atomic mass is 10.1. The molecule has 0 fully saturated rings. The van der Waals surface area contributed by atoms with Crippen LogP contribution in [0.2, 0.25) is 5.02 Å². The van der Waals surface area contributed by atoms with Gasteiger partial charge in [0.15, 0.2) is 0 Å². The summed E-state index contributed by atoms with van der Waals surface area (Å²) in [5.74, 6) is 0. The number of hydrogen-bond acceptors (Lipinski definition) is 3. The van der Waals surface area contributed by atoms with Crippen LogP contribution >= 0.6 is 11.6 Å². The number of halogens is 1. The molecule has 0 radical (unpaired) electrons. The zero-order valence-electron chi connectivity index (χ0n) is 11.0. The molecule has 0 saturated carbocycles. The fourth-order valence-corrected chi connectivity index (χ4v) is 2.10. The van der Waals surface area contributed by atoms with Gasteiger partial charge < -0.3 is 5.32 Å². The minimum Gasteiger partial charge on any atom is -0.306 e. The van der Waals surface area contributed by atoms with Crippen LogP contribution in [0.3, 0.4) is 0 Å². The number of nitrogens with one attached hydrogen (secondary N) is 1. The van der Waals surface area contributed by atoms with E-state index in [1.807, 2.05) is 24.3 Å². The Morgan fingerprint density at radius 2 is 1.95 bits per heavy atom. The smallest absolute Gasteiger partial charge is 0.269 e. The summed E-state index contributed by atoms with van der Waals surface area (Å²) >= 11 is 5.96. The summed E-state index contributed by atoms with van der Waals surface area (Å²) in [6.07, 6.45) is 0. The van der Waals surface area contributed by atoms with Crippen molar-refractivity contribution in [2.45, 2.75) is 19.5 Å². The summed E-state index contributed by atoms with van der Waals surface area (Å²) in [7, 11) is 0. The van der Waals surface area contributed by atoms with E-state index in [0.717, 1.165) is 11.1 Å². The maximum absolute atomic E-state index is 10.6. The molecule has 0 aliphatic carbocycles. The average molecular weight is 291 g/mol. The van der Waals surface area contributed by atoms with Crippen LogP contribution in [0.25, 0.3) is 0 Å². The van der Waals surface area contributed by atoms with Crippen molar-refractivity contribution in [3.8, 4) is 0 Å². The predicted octanol–water partition coefficient (Wildman–Crippen LogP) is 4.10. The van der Waals surface area contributed by atoms with E-state index in [-0.39, 0.29) is 11.7 Å². The third-order valence-electron chi connectivity index (χ3n) is 3.11. The summed E-state index contributed by atoms with van der Waals surface area (Å²) in [6.45, 7) is 2.70. The lowest BCUT2D eigenvalue weighted by molar-refractivity contribution is -0.384. The average Bonchev–Trinajstić information content (AvgIpc) is 2.45. The molecule has 5 heteroatoms. The molecule has 0 aromatic heterocycles. The topological polar surface area (TPSA) is 55.2 Å². The van der Waals surface area contributed by atoms with Gasteiger partial charge in [0.25, 0.3) is 5.69 Å². The molecule has 1 unspecified atom stereocenters. The van der Waals surface area contributed by atoms with Crippen LogP contribution in [-0.2, 0) is 6.54 Å². The molecule has 0 bridgehead atoms. The Balaban J connectivity index is 1.96. The highest BCUT2D eigenvalue weighted by molar-refractivity contribution is 6.30. The molecular weight excluding hydrogens is 276 g/mol. The van der Waals surface area contributed by atoms with Crippen LogP contribution in [0, 0.1) is 10.1 Å². The van der Waals surface area contributed by atoms with Gasteiger partial charge in [0.1, 0.15) is 0 Å². The molecule has 2 aromatic carbocycles. The molecule has 20 heavy (non-hydrogen) atoms. The maximum atomic E-state index is 10.6. The van der Waals surface area contributed by atoms with Gasteiger partial charge >= 0.3 is 0 Å². The quantitative estimate of drug-likeness (QED) is 0.666. The number of nitrogens with zero attached hydrogens (tertiary/aromatic N) is 1. The first kappa shape index (κ1) is 14.5. The van der Waals surface area contributed by atoms with Crippen molar-refractivity contribution in [3.63, 3.8) is 0 Å². The largest absolute Gasteiger partial charge is 0.306 e. The van der Waals surface area contributed by atoms with Gasteiger partial charge in [-0.15, -0.1) is 0 Å². The van der Waals surface area contributed by atoms with Crippen molar-refractivity contribution in [2.75, 3.05) is 0 Å². The zero-order valence-corrected chi connectivity index (χ0v) is 11.8. The SMILES string of the molecule is CC(NCc1ccc([N+](=O)[O-])cc1)c1cccc(Cl)c1. The molecule has 0 heterocycles. The van der Waals surface area contributed by atoms with Crippen molar-refractivity contribution in [2.24, 2.45) is 0 Å². The van der Waals surface area contributed by atoms with E-state index in [9.17, 15) is 10.1 Å². The number of nitro groups is 1. The highest BCUT2D eigenvalue weighted by Gasteiger charge is 2.07. The molecular formula is C15H15ClN2O2. The lowest BCUT2D eigenvalue weighted by Crippen LogP contribution is -2.18. The van der Waals surface area contributed by atoms with Gasteiger partial charge in [-0.1, -0.05) is 35.9 Å².